The summed E-state index contributed by atoms with van der Waals surface area (Å²) in [5.41, 5.74) is 2.77. The van der Waals surface area contributed by atoms with Gasteiger partial charge in [0.05, 0.1) is 12.1 Å². The highest BCUT2D eigenvalue weighted by Crippen LogP contribution is 2.29. The summed E-state index contributed by atoms with van der Waals surface area (Å²) < 4.78 is 5.79. The highest BCUT2D eigenvalue weighted by Gasteiger charge is 2.28. The minimum absolute atomic E-state index is 0.0882. The maximum absolute atomic E-state index is 5.79. The smallest absolute Gasteiger partial charge is 0.101 e. The average Bonchev–Trinajstić information content (AvgIpc) is 2.43. The molecule has 0 bridgehead atoms. The van der Waals surface area contributed by atoms with Crippen molar-refractivity contribution in [2.75, 3.05) is 32.1 Å². The zero-order valence-electron chi connectivity index (χ0n) is 14.1. The molecule has 118 valence electrons. The lowest BCUT2D eigenvalue weighted by Gasteiger charge is -2.35. The number of hydrogen-bond acceptors (Lipinski definition) is 2. The second kappa shape index (κ2) is 7.28. The number of nitrogens with two attached hydrogens (primary N) is 1. The third-order valence-corrected chi connectivity index (χ3v) is 4.41. The summed E-state index contributed by atoms with van der Waals surface area (Å²) in [7, 11) is 4.16. The van der Waals surface area contributed by atoms with Crippen molar-refractivity contribution < 1.29 is 10.1 Å². The van der Waals surface area contributed by atoms with Crippen molar-refractivity contribution in [1.29, 1.82) is 0 Å². The molecule has 21 heavy (non-hydrogen) atoms. The SMILES string of the molecule is CN(C)c1ccc(C[NH2+]CC[C@@H]2CCOC(C)(C)C2)cc1. The molecule has 0 radical (unpaired) electrons. The fraction of sp³-hybridized carbons (Fsp3) is 0.667. The number of anilines is 1. The zero-order valence-corrected chi connectivity index (χ0v) is 14.1. The second-order valence-electron chi connectivity index (χ2n) is 7.10. The Morgan fingerprint density at radius 3 is 2.57 bits per heavy atom. The first-order chi connectivity index (χ1) is 9.96. The van der Waals surface area contributed by atoms with Crippen LogP contribution in [0.5, 0.6) is 0 Å². The number of quaternary nitrogens is 1. The van der Waals surface area contributed by atoms with Gasteiger partial charge in [-0.25, -0.2) is 0 Å². The lowest BCUT2D eigenvalue weighted by Crippen LogP contribution is -2.82. The maximum Gasteiger partial charge on any atom is 0.101 e. The summed E-state index contributed by atoms with van der Waals surface area (Å²) in [4.78, 5) is 2.14. The monoisotopic (exact) mass is 291 g/mol. The molecule has 0 aliphatic carbocycles. The topological polar surface area (TPSA) is 29.1 Å². The Kier molecular flexibility index (Phi) is 5.65. The van der Waals surface area contributed by atoms with E-state index < -0.39 is 0 Å². The standard InChI is InChI=1S/C18H30N2O/c1-18(2)13-15(10-12-21-18)9-11-19-14-16-5-7-17(8-6-16)20(3)4/h5-8,15,19H,9-14H2,1-4H3/p+1/t15-/m1/s1. The molecule has 1 aromatic rings. The molecule has 1 aliphatic heterocycles. The predicted octanol–water partition coefficient (Wildman–Crippen LogP) is 2.41. The minimum Gasteiger partial charge on any atom is -0.378 e. The normalized spacial score (nSPS) is 21.2. The molecule has 0 aromatic heterocycles. The van der Waals surface area contributed by atoms with Crippen molar-refractivity contribution in [3.63, 3.8) is 0 Å². The van der Waals surface area contributed by atoms with E-state index >= 15 is 0 Å². The Balaban J connectivity index is 1.67. The van der Waals surface area contributed by atoms with E-state index in [1.165, 1.54) is 37.1 Å². The van der Waals surface area contributed by atoms with Crippen molar-refractivity contribution in [3.05, 3.63) is 29.8 Å². The zero-order chi connectivity index (χ0) is 15.3. The molecule has 3 nitrogen and oxygen atoms in total. The molecule has 3 heteroatoms. The molecule has 1 aromatic carbocycles. The summed E-state index contributed by atoms with van der Waals surface area (Å²) in [5, 5.41) is 2.44. The van der Waals surface area contributed by atoms with Crippen LogP contribution in [0.15, 0.2) is 24.3 Å². The van der Waals surface area contributed by atoms with E-state index in [4.69, 9.17) is 4.74 Å². The first-order valence-electron chi connectivity index (χ1n) is 8.18. The Hall–Kier alpha value is -1.06. The van der Waals surface area contributed by atoms with E-state index in [1.807, 2.05) is 0 Å². The quantitative estimate of drug-likeness (QED) is 0.816. The minimum atomic E-state index is 0.0882. The fourth-order valence-electron chi connectivity index (χ4n) is 3.16. The number of nitrogens with zero attached hydrogens (tertiary/aromatic N) is 1. The van der Waals surface area contributed by atoms with Gasteiger partial charge in [-0.2, -0.15) is 0 Å². The molecule has 0 amide bonds. The van der Waals surface area contributed by atoms with Crippen LogP contribution in [0.1, 0.15) is 38.7 Å². The first-order valence-corrected chi connectivity index (χ1v) is 8.18. The highest BCUT2D eigenvalue weighted by atomic mass is 16.5. The van der Waals surface area contributed by atoms with Crippen LogP contribution in [0, 0.1) is 5.92 Å². The Labute approximate surface area is 129 Å². The molecular formula is C18H31N2O+. The number of rotatable bonds is 6. The molecule has 1 saturated heterocycles. The van der Waals surface area contributed by atoms with Crippen molar-refractivity contribution in [3.8, 4) is 0 Å². The molecule has 1 aliphatic rings. The summed E-state index contributed by atoms with van der Waals surface area (Å²) in [6.45, 7) is 7.67. The molecule has 0 saturated carbocycles. The highest BCUT2D eigenvalue weighted by molar-refractivity contribution is 5.45. The lowest BCUT2D eigenvalue weighted by molar-refractivity contribution is -0.671. The number of ether oxygens (including phenoxy) is 1. The van der Waals surface area contributed by atoms with Gasteiger partial charge in [-0.15, -0.1) is 0 Å². The van der Waals surface area contributed by atoms with E-state index in [1.54, 1.807) is 0 Å². The maximum atomic E-state index is 5.79. The van der Waals surface area contributed by atoms with Gasteiger partial charge < -0.3 is 15.0 Å². The summed E-state index contributed by atoms with van der Waals surface area (Å²) in [6.07, 6.45) is 3.75. The van der Waals surface area contributed by atoms with E-state index in [-0.39, 0.29) is 5.60 Å². The predicted molar refractivity (Wildman–Crippen MR) is 88.6 cm³/mol. The summed E-state index contributed by atoms with van der Waals surface area (Å²) in [6, 6.07) is 8.88. The Morgan fingerprint density at radius 1 is 1.24 bits per heavy atom. The van der Waals surface area contributed by atoms with Crippen LogP contribution >= 0.6 is 0 Å². The van der Waals surface area contributed by atoms with Gasteiger partial charge in [0.2, 0.25) is 0 Å². The van der Waals surface area contributed by atoms with Crippen LogP contribution in [-0.4, -0.2) is 32.8 Å². The van der Waals surface area contributed by atoms with Crippen molar-refractivity contribution in [2.24, 2.45) is 5.92 Å². The van der Waals surface area contributed by atoms with E-state index in [2.05, 4.69) is 62.4 Å². The van der Waals surface area contributed by atoms with Gasteiger partial charge in [-0.1, -0.05) is 12.1 Å². The number of hydrogen-bond donors (Lipinski definition) is 1. The van der Waals surface area contributed by atoms with Crippen LogP contribution in [0.4, 0.5) is 5.69 Å². The van der Waals surface area contributed by atoms with Crippen molar-refractivity contribution >= 4 is 5.69 Å². The van der Waals surface area contributed by atoms with Crippen LogP contribution in [-0.2, 0) is 11.3 Å². The van der Waals surface area contributed by atoms with Gasteiger partial charge in [0.25, 0.3) is 0 Å². The van der Waals surface area contributed by atoms with Gasteiger partial charge in [0.1, 0.15) is 6.54 Å². The van der Waals surface area contributed by atoms with Crippen LogP contribution in [0.2, 0.25) is 0 Å². The Morgan fingerprint density at radius 2 is 1.95 bits per heavy atom. The first kappa shape index (κ1) is 16.3. The van der Waals surface area contributed by atoms with E-state index in [0.29, 0.717) is 0 Å². The molecule has 1 fully saturated rings. The van der Waals surface area contributed by atoms with E-state index in [9.17, 15) is 0 Å². The molecule has 1 atom stereocenters. The van der Waals surface area contributed by atoms with Crippen molar-refractivity contribution in [1.82, 2.24) is 0 Å². The van der Waals surface area contributed by atoms with Crippen LogP contribution < -0.4 is 10.2 Å². The molecule has 2 N–H and O–H groups in total. The van der Waals surface area contributed by atoms with Gasteiger partial charge in [0.15, 0.2) is 0 Å². The van der Waals surface area contributed by atoms with Gasteiger partial charge in [0, 0.05) is 32.0 Å². The second-order valence-corrected chi connectivity index (χ2v) is 7.10. The third-order valence-electron chi connectivity index (χ3n) is 4.41. The molecule has 1 heterocycles. The van der Waals surface area contributed by atoms with Gasteiger partial charge in [-0.3, -0.25) is 0 Å². The van der Waals surface area contributed by atoms with E-state index in [0.717, 1.165) is 19.1 Å². The Bertz CT molecular complexity index is 425. The largest absolute Gasteiger partial charge is 0.378 e. The van der Waals surface area contributed by atoms with Gasteiger partial charge in [-0.05, 0) is 51.2 Å². The molecule has 0 spiro atoms. The van der Waals surface area contributed by atoms with Crippen LogP contribution in [0.3, 0.4) is 0 Å². The van der Waals surface area contributed by atoms with Crippen molar-refractivity contribution in [2.45, 2.75) is 45.3 Å². The molecule has 0 unspecified atom stereocenters. The molecule has 2 rings (SSSR count). The fourth-order valence-corrected chi connectivity index (χ4v) is 3.16. The van der Waals surface area contributed by atoms with Gasteiger partial charge >= 0.3 is 0 Å². The summed E-state index contributed by atoms with van der Waals surface area (Å²) >= 11 is 0. The number of benzene rings is 1. The summed E-state index contributed by atoms with van der Waals surface area (Å²) in [5.74, 6) is 0.834. The average molecular weight is 291 g/mol. The molecular weight excluding hydrogens is 260 g/mol. The third kappa shape index (κ3) is 5.33. The van der Waals surface area contributed by atoms with Crippen LogP contribution in [0.25, 0.3) is 0 Å². The lowest BCUT2D eigenvalue weighted by atomic mass is 9.86.